The van der Waals surface area contributed by atoms with E-state index >= 15 is 0 Å². The molecule has 0 aliphatic rings. The Bertz CT molecular complexity index is 351. The summed E-state index contributed by atoms with van der Waals surface area (Å²) in [5.41, 5.74) is 4.14. The fourth-order valence-corrected chi connectivity index (χ4v) is 1.95. The molecule has 0 unspecified atom stereocenters. The SMILES string of the molecule is CS[N]c1cc(C(C)(C)C)cc(C(C)(C)C)c1. The molecule has 0 saturated heterocycles. The van der Waals surface area contributed by atoms with E-state index in [0.29, 0.717) is 0 Å². The number of hydrogen-bond acceptors (Lipinski definition) is 1. The van der Waals surface area contributed by atoms with Crippen LogP contribution in [0.2, 0.25) is 0 Å². The van der Waals surface area contributed by atoms with Gasteiger partial charge in [0.15, 0.2) is 0 Å². The number of benzene rings is 1. The van der Waals surface area contributed by atoms with Gasteiger partial charge in [0.05, 0.1) is 5.69 Å². The molecule has 1 aromatic rings. The zero-order valence-corrected chi connectivity index (χ0v) is 12.9. The number of nitrogens with zero attached hydrogens (tertiary/aromatic N) is 1. The Morgan fingerprint density at radius 3 is 1.53 bits per heavy atom. The van der Waals surface area contributed by atoms with E-state index in [2.05, 4.69) is 64.5 Å². The van der Waals surface area contributed by atoms with Crippen molar-refractivity contribution in [3.8, 4) is 0 Å². The highest BCUT2D eigenvalue weighted by Crippen LogP contribution is 2.32. The summed E-state index contributed by atoms with van der Waals surface area (Å²) in [4.78, 5) is 0. The van der Waals surface area contributed by atoms with Crippen molar-refractivity contribution < 1.29 is 0 Å². The minimum absolute atomic E-state index is 0.171. The Hall–Kier alpha value is -0.630. The van der Waals surface area contributed by atoms with E-state index in [1.165, 1.54) is 23.1 Å². The molecule has 0 heterocycles. The molecule has 1 nitrogen and oxygen atoms in total. The van der Waals surface area contributed by atoms with Gasteiger partial charge in [0.25, 0.3) is 0 Å². The third kappa shape index (κ3) is 3.95. The molecule has 1 rings (SSSR count). The molecule has 0 amide bonds. The predicted molar refractivity (Wildman–Crippen MR) is 79.2 cm³/mol. The Morgan fingerprint density at radius 2 is 1.24 bits per heavy atom. The van der Waals surface area contributed by atoms with Crippen LogP contribution >= 0.6 is 11.9 Å². The van der Waals surface area contributed by atoms with Crippen molar-refractivity contribution in [1.82, 2.24) is 4.72 Å². The zero-order chi connectivity index (χ0) is 13.3. The molecule has 1 aromatic carbocycles. The monoisotopic (exact) mass is 250 g/mol. The number of hydrogen-bond donors (Lipinski definition) is 0. The molecule has 0 atom stereocenters. The number of rotatable bonds is 2. The van der Waals surface area contributed by atoms with E-state index in [9.17, 15) is 0 Å². The summed E-state index contributed by atoms with van der Waals surface area (Å²) < 4.78 is 4.47. The summed E-state index contributed by atoms with van der Waals surface area (Å²) in [5.74, 6) is 0. The van der Waals surface area contributed by atoms with E-state index in [-0.39, 0.29) is 10.8 Å². The van der Waals surface area contributed by atoms with E-state index in [0.717, 1.165) is 5.69 Å². The first-order chi connectivity index (χ1) is 7.64. The van der Waals surface area contributed by atoms with Gasteiger partial charge in [0.2, 0.25) is 0 Å². The lowest BCUT2D eigenvalue weighted by atomic mass is 9.80. The first-order valence-electron chi connectivity index (χ1n) is 6.05. The highest BCUT2D eigenvalue weighted by atomic mass is 32.2. The molecule has 0 aliphatic carbocycles. The molecule has 0 aliphatic heterocycles. The van der Waals surface area contributed by atoms with Crippen LogP contribution in [0.4, 0.5) is 5.69 Å². The Kier molecular flexibility index (Phi) is 4.19. The topological polar surface area (TPSA) is 14.1 Å². The van der Waals surface area contributed by atoms with Crippen LogP contribution in [0.5, 0.6) is 0 Å². The molecule has 0 saturated carbocycles. The minimum Gasteiger partial charge on any atom is -0.217 e. The van der Waals surface area contributed by atoms with Gasteiger partial charge in [-0.1, -0.05) is 47.6 Å². The lowest BCUT2D eigenvalue weighted by Gasteiger charge is -2.25. The van der Waals surface area contributed by atoms with Gasteiger partial charge in [-0.05, 0) is 46.0 Å². The first-order valence-corrected chi connectivity index (χ1v) is 7.23. The maximum absolute atomic E-state index is 4.47. The minimum atomic E-state index is 0.171. The fraction of sp³-hybridized carbons (Fsp3) is 0.600. The van der Waals surface area contributed by atoms with Crippen LogP contribution < -0.4 is 4.72 Å². The van der Waals surface area contributed by atoms with Crippen LogP contribution in [-0.4, -0.2) is 6.26 Å². The van der Waals surface area contributed by atoms with Crippen molar-refractivity contribution in [2.24, 2.45) is 0 Å². The molecular formula is C15H24NS. The molecule has 0 fully saturated rings. The van der Waals surface area contributed by atoms with Crippen LogP contribution in [-0.2, 0) is 10.8 Å². The van der Waals surface area contributed by atoms with Crippen molar-refractivity contribution >= 4 is 17.6 Å². The van der Waals surface area contributed by atoms with Gasteiger partial charge in [0.1, 0.15) is 0 Å². The quantitative estimate of drug-likeness (QED) is 0.688. The third-order valence-corrected chi connectivity index (χ3v) is 3.24. The average molecular weight is 250 g/mol. The predicted octanol–water partition coefficient (Wildman–Crippen LogP) is 4.80. The van der Waals surface area contributed by atoms with Gasteiger partial charge < -0.3 is 0 Å². The summed E-state index contributed by atoms with van der Waals surface area (Å²) in [6.07, 6.45) is 2.00. The second-order valence-electron chi connectivity index (χ2n) is 6.54. The van der Waals surface area contributed by atoms with Crippen LogP contribution in [0.15, 0.2) is 18.2 Å². The molecule has 0 bridgehead atoms. The Labute approximate surface area is 111 Å². The molecule has 17 heavy (non-hydrogen) atoms. The van der Waals surface area contributed by atoms with Crippen molar-refractivity contribution in [3.63, 3.8) is 0 Å². The van der Waals surface area contributed by atoms with Crippen LogP contribution in [0.3, 0.4) is 0 Å². The van der Waals surface area contributed by atoms with Crippen molar-refractivity contribution in [2.45, 2.75) is 52.4 Å². The van der Waals surface area contributed by atoms with Gasteiger partial charge >= 0.3 is 0 Å². The molecule has 2 heteroatoms. The van der Waals surface area contributed by atoms with Gasteiger partial charge in [0, 0.05) is 6.26 Å². The van der Waals surface area contributed by atoms with Gasteiger partial charge in [-0.15, -0.1) is 0 Å². The molecule has 95 valence electrons. The van der Waals surface area contributed by atoms with Crippen molar-refractivity contribution in [2.75, 3.05) is 6.26 Å². The van der Waals surface area contributed by atoms with Crippen molar-refractivity contribution in [1.29, 1.82) is 0 Å². The largest absolute Gasteiger partial charge is 0.217 e. The van der Waals surface area contributed by atoms with Crippen molar-refractivity contribution in [3.05, 3.63) is 29.3 Å². The second-order valence-corrected chi connectivity index (χ2v) is 7.09. The van der Waals surface area contributed by atoms with E-state index in [4.69, 9.17) is 0 Å². The fourth-order valence-electron chi connectivity index (χ4n) is 1.64. The molecule has 0 spiro atoms. The summed E-state index contributed by atoms with van der Waals surface area (Å²) in [6, 6.07) is 6.72. The van der Waals surface area contributed by atoms with Gasteiger partial charge in [-0.3, -0.25) is 0 Å². The Balaban J connectivity index is 3.29. The second kappa shape index (κ2) is 4.93. The normalized spacial score (nSPS) is 12.6. The van der Waals surface area contributed by atoms with E-state index < -0.39 is 0 Å². The molecule has 1 radical (unpaired) electrons. The lowest BCUT2D eigenvalue weighted by molar-refractivity contribution is 0.568. The van der Waals surface area contributed by atoms with Gasteiger partial charge in [-0.2, -0.15) is 0 Å². The third-order valence-electron chi connectivity index (χ3n) is 2.85. The smallest absolute Gasteiger partial charge is 0.0718 e. The maximum Gasteiger partial charge on any atom is 0.0718 e. The average Bonchev–Trinajstić information content (AvgIpc) is 2.15. The van der Waals surface area contributed by atoms with E-state index in [1.54, 1.807) is 0 Å². The molecule has 0 N–H and O–H groups in total. The summed E-state index contributed by atoms with van der Waals surface area (Å²) in [5, 5.41) is 0. The summed E-state index contributed by atoms with van der Waals surface area (Å²) >= 11 is 1.52. The molecular weight excluding hydrogens is 226 g/mol. The highest BCUT2D eigenvalue weighted by molar-refractivity contribution is 7.96. The van der Waals surface area contributed by atoms with Crippen LogP contribution in [0, 0.1) is 0 Å². The standard InChI is InChI=1S/C15H24NS/c1-14(2,3)11-8-12(15(4,5)6)10-13(9-11)16-17-7/h8-10H,1-7H3. The Morgan fingerprint density at radius 1 is 0.824 bits per heavy atom. The first kappa shape index (κ1) is 14.4. The van der Waals surface area contributed by atoms with Gasteiger partial charge in [-0.25, -0.2) is 4.72 Å². The highest BCUT2D eigenvalue weighted by Gasteiger charge is 2.20. The van der Waals surface area contributed by atoms with Crippen LogP contribution in [0.25, 0.3) is 0 Å². The summed E-state index contributed by atoms with van der Waals surface area (Å²) in [6.45, 7) is 13.5. The van der Waals surface area contributed by atoms with E-state index in [1.807, 2.05) is 6.26 Å². The zero-order valence-electron chi connectivity index (χ0n) is 12.1. The van der Waals surface area contributed by atoms with Crippen LogP contribution in [0.1, 0.15) is 52.7 Å². The lowest BCUT2D eigenvalue weighted by Crippen LogP contribution is -2.16. The maximum atomic E-state index is 4.47. The molecule has 0 aromatic heterocycles. The summed E-state index contributed by atoms with van der Waals surface area (Å²) in [7, 11) is 0.